The molecule has 2 saturated heterocycles. The van der Waals surface area contributed by atoms with Gasteiger partial charge in [0.05, 0.1) is 11.4 Å². The predicted molar refractivity (Wildman–Crippen MR) is 83.5 cm³/mol. The zero-order valence-corrected chi connectivity index (χ0v) is 13.6. The summed E-state index contributed by atoms with van der Waals surface area (Å²) >= 11 is 0. The Hall–Kier alpha value is -1.93. The number of hydrogen-bond donors (Lipinski definition) is 2. The number of carbonyl (C=O) groups is 2. The third-order valence-electron chi connectivity index (χ3n) is 4.40. The second-order valence-electron chi connectivity index (χ2n) is 6.07. The summed E-state index contributed by atoms with van der Waals surface area (Å²) in [7, 11) is -3.26. The smallest absolute Gasteiger partial charge is 0.323 e. The van der Waals surface area contributed by atoms with Crippen LogP contribution in [0.15, 0.2) is 29.2 Å². The number of nitrogens with zero attached hydrogens (tertiary/aromatic N) is 1. The number of imide groups is 1. The number of amides is 3. The van der Waals surface area contributed by atoms with Gasteiger partial charge in [0.1, 0.15) is 5.54 Å². The molecular formula is C15H19N3O4S. The number of sulfone groups is 1. The summed E-state index contributed by atoms with van der Waals surface area (Å²) in [6, 6.07) is 5.85. The topological polar surface area (TPSA) is 95.6 Å². The van der Waals surface area contributed by atoms with Crippen LogP contribution in [0.2, 0.25) is 0 Å². The highest BCUT2D eigenvalue weighted by Gasteiger charge is 2.51. The van der Waals surface area contributed by atoms with E-state index >= 15 is 0 Å². The van der Waals surface area contributed by atoms with E-state index in [1.54, 1.807) is 12.1 Å². The van der Waals surface area contributed by atoms with Crippen molar-refractivity contribution in [3.63, 3.8) is 0 Å². The van der Waals surface area contributed by atoms with E-state index < -0.39 is 15.4 Å². The molecule has 0 aromatic heterocycles. The van der Waals surface area contributed by atoms with Gasteiger partial charge in [-0.25, -0.2) is 13.2 Å². The highest BCUT2D eigenvalue weighted by Crippen LogP contribution is 2.28. The molecule has 0 unspecified atom stereocenters. The molecule has 124 valence electrons. The molecule has 2 fully saturated rings. The van der Waals surface area contributed by atoms with Crippen molar-refractivity contribution < 1.29 is 18.0 Å². The number of carbonyl (C=O) groups excluding carboxylic acids is 2. The lowest BCUT2D eigenvalue weighted by Gasteiger charge is -2.31. The SMILES string of the molecule is CS(=O)(=O)c1ccc(CN2C(=O)NC3(CCNCC3)C2=O)cc1. The van der Waals surface area contributed by atoms with Gasteiger partial charge in [-0.3, -0.25) is 9.69 Å². The number of piperidine rings is 1. The Labute approximate surface area is 135 Å². The van der Waals surface area contributed by atoms with Gasteiger partial charge in [-0.05, 0) is 43.6 Å². The van der Waals surface area contributed by atoms with E-state index in [-0.39, 0.29) is 23.4 Å². The Balaban J connectivity index is 1.77. The van der Waals surface area contributed by atoms with Crippen molar-refractivity contribution in [3.8, 4) is 0 Å². The van der Waals surface area contributed by atoms with E-state index in [1.165, 1.54) is 17.0 Å². The molecule has 0 bridgehead atoms. The number of hydrogen-bond acceptors (Lipinski definition) is 5. The molecule has 0 aliphatic carbocycles. The first-order valence-electron chi connectivity index (χ1n) is 7.46. The lowest BCUT2D eigenvalue weighted by atomic mass is 9.88. The van der Waals surface area contributed by atoms with Gasteiger partial charge in [0, 0.05) is 6.26 Å². The van der Waals surface area contributed by atoms with Crippen LogP contribution < -0.4 is 10.6 Å². The molecular weight excluding hydrogens is 318 g/mol. The standard InChI is InChI=1S/C15H19N3O4S/c1-23(21,22)12-4-2-11(3-5-12)10-18-13(19)15(17-14(18)20)6-8-16-9-7-15/h2-5,16H,6-10H2,1H3,(H,17,20). The van der Waals surface area contributed by atoms with Crippen molar-refractivity contribution in [1.82, 2.24) is 15.5 Å². The number of benzene rings is 1. The van der Waals surface area contributed by atoms with Gasteiger partial charge in [-0.1, -0.05) is 12.1 Å². The molecule has 2 heterocycles. The van der Waals surface area contributed by atoms with Crippen molar-refractivity contribution in [3.05, 3.63) is 29.8 Å². The van der Waals surface area contributed by atoms with E-state index in [1.807, 2.05) is 0 Å². The Morgan fingerprint density at radius 2 is 1.74 bits per heavy atom. The molecule has 1 aromatic carbocycles. The zero-order chi connectivity index (χ0) is 16.7. The first kappa shape index (κ1) is 15.9. The van der Waals surface area contributed by atoms with Crippen molar-refractivity contribution in [2.75, 3.05) is 19.3 Å². The van der Waals surface area contributed by atoms with Crippen LogP contribution in [0, 0.1) is 0 Å². The lowest BCUT2D eigenvalue weighted by molar-refractivity contribution is -0.132. The minimum Gasteiger partial charge on any atom is -0.323 e. The van der Waals surface area contributed by atoms with Crippen molar-refractivity contribution >= 4 is 21.8 Å². The van der Waals surface area contributed by atoms with Crippen LogP contribution in [0.1, 0.15) is 18.4 Å². The summed E-state index contributed by atoms with van der Waals surface area (Å²) in [5.41, 5.74) is -0.0680. The number of nitrogens with one attached hydrogen (secondary N) is 2. The maximum atomic E-state index is 12.6. The first-order valence-corrected chi connectivity index (χ1v) is 9.35. The van der Waals surface area contributed by atoms with E-state index in [0.29, 0.717) is 31.5 Å². The first-order chi connectivity index (χ1) is 10.8. The van der Waals surface area contributed by atoms with Crippen molar-refractivity contribution in [2.24, 2.45) is 0 Å². The van der Waals surface area contributed by atoms with Crippen LogP contribution >= 0.6 is 0 Å². The fourth-order valence-electron chi connectivity index (χ4n) is 3.04. The largest absolute Gasteiger partial charge is 0.325 e. The van der Waals surface area contributed by atoms with Crippen LogP contribution in [0.5, 0.6) is 0 Å². The van der Waals surface area contributed by atoms with Crippen molar-refractivity contribution in [1.29, 1.82) is 0 Å². The summed E-state index contributed by atoms with van der Waals surface area (Å²) in [6.07, 6.45) is 2.31. The van der Waals surface area contributed by atoms with Gasteiger partial charge in [0.25, 0.3) is 5.91 Å². The Kier molecular flexibility index (Phi) is 3.89. The molecule has 1 aromatic rings. The van der Waals surface area contributed by atoms with E-state index in [0.717, 1.165) is 6.26 Å². The predicted octanol–water partition coefficient (Wildman–Crippen LogP) is 0.264. The third kappa shape index (κ3) is 2.96. The lowest BCUT2D eigenvalue weighted by Crippen LogP contribution is -2.53. The molecule has 0 radical (unpaired) electrons. The van der Waals surface area contributed by atoms with Gasteiger partial charge >= 0.3 is 6.03 Å². The second kappa shape index (κ2) is 5.61. The van der Waals surface area contributed by atoms with Crippen LogP contribution in [0.25, 0.3) is 0 Å². The quantitative estimate of drug-likeness (QED) is 0.772. The van der Waals surface area contributed by atoms with Gasteiger partial charge in [0.15, 0.2) is 9.84 Å². The van der Waals surface area contributed by atoms with Gasteiger partial charge in [0.2, 0.25) is 0 Å². The Bertz CT molecular complexity index is 736. The summed E-state index contributed by atoms with van der Waals surface area (Å²) in [5, 5.41) is 6.00. The summed E-state index contributed by atoms with van der Waals surface area (Å²) in [4.78, 5) is 26.2. The highest BCUT2D eigenvalue weighted by atomic mass is 32.2. The second-order valence-corrected chi connectivity index (χ2v) is 8.09. The minimum atomic E-state index is -3.26. The fraction of sp³-hybridized carbons (Fsp3) is 0.467. The normalized spacial score (nSPS) is 20.8. The molecule has 0 atom stereocenters. The number of rotatable bonds is 3. The molecule has 0 saturated carbocycles. The Morgan fingerprint density at radius 1 is 1.13 bits per heavy atom. The third-order valence-corrected chi connectivity index (χ3v) is 5.52. The number of urea groups is 1. The molecule has 1 spiro atoms. The van der Waals surface area contributed by atoms with Crippen LogP contribution in [0.3, 0.4) is 0 Å². The molecule has 2 aliphatic rings. The van der Waals surface area contributed by atoms with E-state index in [4.69, 9.17) is 0 Å². The fourth-order valence-corrected chi connectivity index (χ4v) is 3.67. The zero-order valence-electron chi connectivity index (χ0n) is 12.8. The minimum absolute atomic E-state index is 0.143. The summed E-state index contributed by atoms with van der Waals surface area (Å²) in [6.45, 7) is 1.54. The van der Waals surface area contributed by atoms with Crippen LogP contribution in [-0.4, -0.2) is 50.1 Å². The molecule has 3 amide bonds. The molecule has 3 rings (SSSR count). The van der Waals surface area contributed by atoms with E-state index in [9.17, 15) is 18.0 Å². The molecule has 7 nitrogen and oxygen atoms in total. The van der Waals surface area contributed by atoms with Gasteiger partial charge < -0.3 is 10.6 Å². The average molecular weight is 337 g/mol. The molecule has 2 N–H and O–H groups in total. The summed E-state index contributed by atoms with van der Waals surface area (Å²) < 4.78 is 22.9. The van der Waals surface area contributed by atoms with E-state index in [2.05, 4.69) is 10.6 Å². The van der Waals surface area contributed by atoms with Gasteiger partial charge in [-0.15, -0.1) is 0 Å². The molecule has 2 aliphatic heterocycles. The monoisotopic (exact) mass is 337 g/mol. The molecule has 23 heavy (non-hydrogen) atoms. The summed E-state index contributed by atoms with van der Waals surface area (Å²) in [5.74, 6) is -0.198. The highest BCUT2D eigenvalue weighted by molar-refractivity contribution is 7.90. The van der Waals surface area contributed by atoms with Crippen LogP contribution in [-0.2, 0) is 21.2 Å². The van der Waals surface area contributed by atoms with Crippen LogP contribution in [0.4, 0.5) is 4.79 Å². The Morgan fingerprint density at radius 3 is 2.30 bits per heavy atom. The van der Waals surface area contributed by atoms with Crippen molar-refractivity contribution in [2.45, 2.75) is 29.8 Å². The van der Waals surface area contributed by atoms with Gasteiger partial charge in [-0.2, -0.15) is 0 Å². The maximum Gasteiger partial charge on any atom is 0.325 e. The average Bonchev–Trinajstić information content (AvgIpc) is 2.72. The maximum absolute atomic E-state index is 12.6. The molecule has 8 heteroatoms.